The number of nitrogens with one attached hydrogen (secondary N) is 3. The van der Waals surface area contributed by atoms with Gasteiger partial charge in [0, 0.05) is 28.1 Å². The van der Waals surface area contributed by atoms with Crippen molar-refractivity contribution < 1.29 is 19.1 Å². The summed E-state index contributed by atoms with van der Waals surface area (Å²) < 4.78 is 6.55. The Labute approximate surface area is 207 Å². The molecule has 3 aromatic rings. The van der Waals surface area contributed by atoms with E-state index in [9.17, 15) is 14.4 Å². The molecule has 3 amide bonds. The minimum absolute atomic E-state index is 0.111. The van der Waals surface area contributed by atoms with Crippen molar-refractivity contribution >= 4 is 39.3 Å². The second-order valence-electron chi connectivity index (χ2n) is 7.85. The quantitative estimate of drug-likeness (QED) is 0.371. The van der Waals surface area contributed by atoms with E-state index in [4.69, 9.17) is 4.74 Å². The number of hydrogen-bond donors (Lipinski definition) is 3. The summed E-state index contributed by atoms with van der Waals surface area (Å²) in [6, 6.07) is 21.4. The molecule has 0 saturated heterocycles. The lowest BCUT2D eigenvalue weighted by Crippen LogP contribution is -2.41. The third-order valence-electron chi connectivity index (χ3n) is 4.91. The van der Waals surface area contributed by atoms with Gasteiger partial charge in [-0.25, -0.2) is 0 Å². The van der Waals surface area contributed by atoms with E-state index in [1.54, 1.807) is 56.3 Å². The Balaban J connectivity index is 1.58. The monoisotopic (exact) mass is 523 g/mol. The molecule has 0 aliphatic rings. The molecule has 176 valence electrons. The van der Waals surface area contributed by atoms with Crippen LogP contribution in [-0.4, -0.2) is 24.3 Å². The van der Waals surface area contributed by atoms with Crippen molar-refractivity contribution in [2.24, 2.45) is 5.92 Å². The second-order valence-corrected chi connectivity index (χ2v) is 8.77. The predicted octanol–water partition coefficient (Wildman–Crippen LogP) is 4.74. The zero-order valence-corrected chi connectivity index (χ0v) is 20.5. The highest BCUT2D eigenvalue weighted by molar-refractivity contribution is 9.10. The van der Waals surface area contributed by atoms with Crippen molar-refractivity contribution in [2.75, 3.05) is 11.9 Å². The van der Waals surface area contributed by atoms with Crippen molar-refractivity contribution in [3.8, 4) is 5.75 Å². The maximum atomic E-state index is 12.8. The van der Waals surface area contributed by atoms with Crippen LogP contribution in [-0.2, 0) is 11.2 Å². The van der Waals surface area contributed by atoms with Crippen LogP contribution in [0.15, 0.2) is 77.3 Å². The van der Waals surface area contributed by atoms with E-state index in [1.165, 1.54) is 0 Å². The fourth-order valence-electron chi connectivity index (χ4n) is 2.97. The Morgan fingerprint density at radius 1 is 0.882 bits per heavy atom. The zero-order chi connectivity index (χ0) is 24.5. The van der Waals surface area contributed by atoms with E-state index in [1.807, 2.05) is 30.3 Å². The first-order valence-corrected chi connectivity index (χ1v) is 11.6. The van der Waals surface area contributed by atoms with Gasteiger partial charge in [-0.05, 0) is 48.0 Å². The van der Waals surface area contributed by atoms with Crippen molar-refractivity contribution in [1.29, 1.82) is 0 Å². The number of hydrazine groups is 1. The van der Waals surface area contributed by atoms with Crippen LogP contribution in [0.4, 0.5) is 5.69 Å². The number of benzene rings is 3. The molecular formula is C26H26BrN3O4. The van der Waals surface area contributed by atoms with Crippen LogP contribution in [0.1, 0.15) is 40.1 Å². The summed E-state index contributed by atoms with van der Waals surface area (Å²) in [5.74, 6) is -0.846. The Bertz CT molecular complexity index is 1150. The summed E-state index contributed by atoms with van der Waals surface area (Å²) in [4.78, 5) is 37.0. The maximum Gasteiger partial charge on any atom is 0.273 e. The normalized spacial score (nSPS) is 10.5. The molecule has 34 heavy (non-hydrogen) atoms. The van der Waals surface area contributed by atoms with Gasteiger partial charge in [-0.1, -0.05) is 60.1 Å². The van der Waals surface area contributed by atoms with Gasteiger partial charge in [0.2, 0.25) is 5.91 Å². The van der Waals surface area contributed by atoms with Gasteiger partial charge in [0.05, 0.1) is 12.2 Å². The molecule has 0 aromatic heterocycles. The first kappa shape index (κ1) is 25.0. The number of carbonyl (C=O) groups is 3. The smallest absolute Gasteiger partial charge is 0.273 e. The number of rotatable bonds is 8. The molecule has 0 unspecified atom stereocenters. The van der Waals surface area contributed by atoms with Crippen LogP contribution in [0.5, 0.6) is 5.75 Å². The minimum atomic E-state index is -0.509. The molecule has 0 aliphatic heterocycles. The Morgan fingerprint density at radius 3 is 2.24 bits per heavy atom. The van der Waals surface area contributed by atoms with Gasteiger partial charge in [0.15, 0.2) is 0 Å². The molecule has 0 fully saturated rings. The van der Waals surface area contributed by atoms with Crippen LogP contribution in [0.2, 0.25) is 0 Å². The number of carbonyl (C=O) groups excluding carboxylic acids is 3. The fraction of sp³-hybridized carbons (Fsp3) is 0.192. The molecule has 3 N–H and O–H groups in total. The van der Waals surface area contributed by atoms with Crippen LogP contribution in [0.3, 0.4) is 0 Å². The van der Waals surface area contributed by atoms with Crippen LogP contribution in [0, 0.1) is 5.92 Å². The second kappa shape index (κ2) is 12.0. The lowest BCUT2D eigenvalue weighted by Gasteiger charge is -2.13. The third kappa shape index (κ3) is 7.18. The van der Waals surface area contributed by atoms with E-state index < -0.39 is 11.8 Å². The molecule has 8 heteroatoms. The van der Waals surface area contributed by atoms with E-state index in [0.29, 0.717) is 34.5 Å². The van der Waals surface area contributed by atoms with Gasteiger partial charge in [-0.15, -0.1) is 0 Å². The zero-order valence-electron chi connectivity index (χ0n) is 18.9. The average molecular weight is 524 g/mol. The number of halogens is 1. The van der Waals surface area contributed by atoms with Crippen molar-refractivity contribution in [2.45, 2.75) is 20.3 Å². The predicted molar refractivity (Wildman–Crippen MR) is 135 cm³/mol. The summed E-state index contributed by atoms with van der Waals surface area (Å²) in [6.45, 7) is 3.99. The number of anilines is 1. The number of hydrogen-bond acceptors (Lipinski definition) is 4. The largest absolute Gasteiger partial charge is 0.492 e. The molecule has 0 heterocycles. The van der Waals surface area contributed by atoms with E-state index in [2.05, 4.69) is 32.1 Å². The average Bonchev–Trinajstić information content (AvgIpc) is 2.84. The summed E-state index contributed by atoms with van der Waals surface area (Å²) in [7, 11) is 0. The van der Waals surface area contributed by atoms with Gasteiger partial charge in [-0.2, -0.15) is 0 Å². The van der Waals surface area contributed by atoms with Crippen molar-refractivity contribution in [3.05, 3.63) is 94.0 Å². The first-order chi connectivity index (χ1) is 16.3. The molecule has 0 saturated carbocycles. The standard InChI is InChI=1S/C26H26BrN3O4/c1-17(2)24(31)28-21-11-8-19(9-12-21)25(32)29-30-26(33)22-16-20(27)10-13-23(22)34-15-14-18-6-4-3-5-7-18/h3-13,16-17H,14-15H2,1-2H3,(H,28,31)(H,29,32)(H,30,33). The van der Waals surface area contributed by atoms with Gasteiger partial charge < -0.3 is 10.1 Å². The van der Waals surface area contributed by atoms with Crippen molar-refractivity contribution in [1.82, 2.24) is 10.9 Å². The number of amides is 3. The molecule has 0 aliphatic carbocycles. The maximum absolute atomic E-state index is 12.8. The Kier molecular flexibility index (Phi) is 8.81. The lowest BCUT2D eigenvalue weighted by atomic mass is 10.1. The highest BCUT2D eigenvalue weighted by Gasteiger charge is 2.15. The van der Waals surface area contributed by atoms with Gasteiger partial charge in [-0.3, -0.25) is 25.2 Å². The fourth-order valence-corrected chi connectivity index (χ4v) is 3.33. The molecule has 0 atom stereocenters. The number of ether oxygens (including phenoxy) is 1. The summed E-state index contributed by atoms with van der Waals surface area (Å²) in [5, 5.41) is 2.76. The van der Waals surface area contributed by atoms with E-state index in [-0.39, 0.29) is 17.4 Å². The molecule has 0 spiro atoms. The third-order valence-corrected chi connectivity index (χ3v) is 5.40. The van der Waals surface area contributed by atoms with Gasteiger partial charge in [0.25, 0.3) is 11.8 Å². The van der Waals surface area contributed by atoms with Crippen LogP contribution in [0.25, 0.3) is 0 Å². The molecular weight excluding hydrogens is 498 g/mol. The Hall–Kier alpha value is -3.65. The highest BCUT2D eigenvalue weighted by atomic mass is 79.9. The molecule has 3 aromatic carbocycles. The first-order valence-electron chi connectivity index (χ1n) is 10.8. The van der Waals surface area contributed by atoms with Crippen molar-refractivity contribution in [3.63, 3.8) is 0 Å². The topological polar surface area (TPSA) is 96.5 Å². The minimum Gasteiger partial charge on any atom is -0.492 e. The summed E-state index contributed by atoms with van der Waals surface area (Å²) >= 11 is 3.37. The highest BCUT2D eigenvalue weighted by Crippen LogP contribution is 2.23. The summed E-state index contributed by atoms with van der Waals surface area (Å²) in [5.41, 5.74) is 7.17. The molecule has 0 bridgehead atoms. The lowest BCUT2D eigenvalue weighted by molar-refractivity contribution is -0.118. The SMILES string of the molecule is CC(C)C(=O)Nc1ccc(C(=O)NNC(=O)c2cc(Br)ccc2OCCc2ccccc2)cc1. The van der Waals surface area contributed by atoms with Gasteiger partial charge >= 0.3 is 0 Å². The van der Waals surface area contributed by atoms with E-state index >= 15 is 0 Å². The molecule has 3 rings (SSSR count). The Morgan fingerprint density at radius 2 is 1.56 bits per heavy atom. The van der Waals surface area contributed by atoms with E-state index in [0.717, 1.165) is 5.56 Å². The van der Waals surface area contributed by atoms with Crippen LogP contribution < -0.4 is 20.9 Å². The van der Waals surface area contributed by atoms with Crippen LogP contribution >= 0.6 is 15.9 Å². The molecule has 7 nitrogen and oxygen atoms in total. The summed E-state index contributed by atoms with van der Waals surface area (Å²) in [6.07, 6.45) is 0.697. The van der Waals surface area contributed by atoms with Gasteiger partial charge in [0.1, 0.15) is 5.75 Å². The molecule has 0 radical (unpaired) electrons.